The Kier molecular flexibility index (Phi) is 5.39. The van der Waals surface area contributed by atoms with E-state index in [0.717, 1.165) is 29.3 Å². The van der Waals surface area contributed by atoms with Crippen LogP contribution in [0.4, 0.5) is 0 Å². The number of rotatable bonds is 7. The molecule has 21 heavy (non-hydrogen) atoms. The van der Waals surface area contributed by atoms with Crippen LogP contribution in [0.15, 0.2) is 24.4 Å². The Balaban J connectivity index is 2.21. The highest BCUT2D eigenvalue weighted by molar-refractivity contribution is 5.90. The number of nitrogens with one attached hydrogen (secondary N) is 1. The Morgan fingerprint density at radius 2 is 2.05 bits per heavy atom. The number of hydrogen-bond acceptors (Lipinski definition) is 2. The minimum atomic E-state index is 0.0135. The summed E-state index contributed by atoms with van der Waals surface area (Å²) in [5, 5.41) is 10.2. The second-order valence-corrected chi connectivity index (χ2v) is 5.29. The van der Waals surface area contributed by atoms with Gasteiger partial charge in [-0.15, -0.1) is 0 Å². The molecule has 0 saturated carbocycles. The molecule has 2 N–H and O–H groups in total. The van der Waals surface area contributed by atoms with Gasteiger partial charge in [0.15, 0.2) is 0 Å². The van der Waals surface area contributed by atoms with E-state index in [0.29, 0.717) is 19.5 Å². The first kappa shape index (κ1) is 15.6. The molecule has 0 aliphatic carbocycles. The monoisotopic (exact) mass is 288 g/mol. The van der Waals surface area contributed by atoms with Gasteiger partial charge in [0.05, 0.1) is 13.0 Å². The molecule has 0 spiro atoms. The Morgan fingerprint density at radius 3 is 2.71 bits per heavy atom. The largest absolute Gasteiger partial charge is 0.395 e. The fourth-order valence-electron chi connectivity index (χ4n) is 2.74. The van der Waals surface area contributed by atoms with Crippen molar-refractivity contribution in [3.05, 3.63) is 35.5 Å². The van der Waals surface area contributed by atoms with Crippen molar-refractivity contribution in [2.24, 2.45) is 0 Å². The van der Waals surface area contributed by atoms with Gasteiger partial charge in [-0.3, -0.25) is 4.79 Å². The quantitative estimate of drug-likeness (QED) is 0.822. The molecule has 114 valence electrons. The lowest BCUT2D eigenvalue weighted by Crippen LogP contribution is -2.35. The molecule has 1 amide bonds. The fraction of sp³-hybridized carbons (Fsp3) is 0.471. The van der Waals surface area contributed by atoms with Crippen LogP contribution in [-0.4, -0.2) is 40.6 Å². The van der Waals surface area contributed by atoms with E-state index in [1.165, 1.54) is 5.56 Å². The molecule has 0 bridgehead atoms. The third-order valence-electron chi connectivity index (χ3n) is 3.83. The first-order valence-electron chi connectivity index (χ1n) is 7.67. The number of aliphatic hydroxyl groups excluding tert-OH is 1. The third kappa shape index (κ3) is 3.45. The number of aromatic nitrogens is 1. The summed E-state index contributed by atoms with van der Waals surface area (Å²) in [6.07, 6.45) is 4.19. The zero-order valence-corrected chi connectivity index (χ0v) is 12.9. The van der Waals surface area contributed by atoms with Crippen LogP contribution in [0.2, 0.25) is 0 Å². The minimum absolute atomic E-state index is 0.0135. The molecule has 1 aromatic carbocycles. The molecule has 4 nitrogen and oxygen atoms in total. The van der Waals surface area contributed by atoms with Crippen LogP contribution in [0.1, 0.15) is 31.4 Å². The highest BCUT2D eigenvalue weighted by atomic mass is 16.3. The second kappa shape index (κ2) is 7.27. The predicted octanol–water partition coefficient (Wildman–Crippen LogP) is 2.50. The van der Waals surface area contributed by atoms with Gasteiger partial charge in [-0.1, -0.05) is 32.0 Å². The summed E-state index contributed by atoms with van der Waals surface area (Å²) in [5.74, 6) is 0.0775. The number of carbonyl (C=O) groups excluding carboxylic acids is 1. The predicted molar refractivity (Wildman–Crippen MR) is 85.3 cm³/mol. The Bertz CT molecular complexity index is 598. The zero-order chi connectivity index (χ0) is 15.2. The maximum absolute atomic E-state index is 12.4. The third-order valence-corrected chi connectivity index (χ3v) is 3.83. The zero-order valence-electron chi connectivity index (χ0n) is 12.9. The molecule has 0 saturated heterocycles. The van der Waals surface area contributed by atoms with Gasteiger partial charge in [-0.2, -0.15) is 0 Å². The number of carbonyl (C=O) groups is 1. The van der Waals surface area contributed by atoms with Crippen LogP contribution in [-0.2, 0) is 17.6 Å². The molecule has 1 aromatic heterocycles. The molecular weight excluding hydrogens is 264 g/mol. The summed E-state index contributed by atoms with van der Waals surface area (Å²) in [6.45, 7) is 5.29. The molecule has 0 radical (unpaired) electrons. The van der Waals surface area contributed by atoms with Crippen molar-refractivity contribution in [3.63, 3.8) is 0 Å². The Labute approximate surface area is 125 Å². The lowest BCUT2D eigenvalue weighted by molar-refractivity contribution is -0.131. The number of hydrogen-bond donors (Lipinski definition) is 2. The van der Waals surface area contributed by atoms with E-state index < -0.39 is 0 Å². The van der Waals surface area contributed by atoms with Crippen molar-refractivity contribution < 1.29 is 9.90 Å². The van der Waals surface area contributed by atoms with Crippen molar-refractivity contribution in [1.29, 1.82) is 0 Å². The summed E-state index contributed by atoms with van der Waals surface area (Å²) in [5.41, 5.74) is 3.43. The van der Waals surface area contributed by atoms with Crippen LogP contribution >= 0.6 is 0 Å². The van der Waals surface area contributed by atoms with Crippen LogP contribution in [0.25, 0.3) is 10.9 Å². The summed E-state index contributed by atoms with van der Waals surface area (Å²) >= 11 is 0. The molecule has 4 heteroatoms. The Morgan fingerprint density at radius 1 is 1.24 bits per heavy atom. The normalized spacial score (nSPS) is 11.0. The van der Waals surface area contributed by atoms with Gasteiger partial charge in [-0.25, -0.2) is 0 Å². The van der Waals surface area contributed by atoms with Crippen molar-refractivity contribution in [3.8, 4) is 0 Å². The summed E-state index contributed by atoms with van der Waals surface area (Å²) in [6, 6.07) is 6.21. The fourth-order valence-corrected chi connectivity index (χ4v) is 2.74. The van der Waals surface area contributed by atoms with Gasteiger partial charge >= 0.3 is 0 Å². The standard InChI is InChI=1S/C17H24N2O2/c1-3-8-19(9-10-20)16(21)11-14-12-18-17-13(4-2)6-5-7-15(14)17/h5-7,12,18,20H,3-4,8-11H2,1-2H3. The van der Waals surface area contributed by atoms with Gasteiger partial charge in [0.2, 0.25) is 5.91 Å². The van der Waals surface area contributed by atoms with E-state index >= 15 is 0 Å². The van der Waals surface area contributed by atoms with Crippen molar-refractivity contribution in [2.75, 3.05) is 19.7 Å². The second-order valence-electron chi connectivity index (χ2n) is 5.29. The van der Waals surface area contributed by atoms with E-state index in [9.17, 15) is 4.79 Å². The van der Waals surface area contributed by atoms with E-state index in [2.05, 4.69) is 24.0 Å². The lowest BCUT2D eigenvalue weighted by Gasteiger charge is -2.20. The molecular formula is C17H24N2O2. The molecule has 0 atom stereocenters. The number of para-hydroxylation sites is 1. The minimum Gasteiger partial charge on any atom is -0.395 e. The summed E-state index contributed by atoms with van der Waals surface area (Å²) < 4.78 is 0. The molecule has 0 aliphatic rings. The smallest absolute Gasteiger partial charge is 0.227 e. The van der Waals surface area contributed by atoms with E-state index in [1.54, 1.807) is 4.90 Å². The summed E-state index contributed by atoms with van der Waals surface area (Å²) in [7, 11) is 0. The molecule has 0 fully saturated rings. The van der Waals surface area contributed by atoms with Crippen LogP contribution < -0.4 is 0 Å². The number of amides is 1. The van der Waals surface area contributed by atoms with Crippen molar-refractivity contribution in [1.82, 2.24) is 9.88 Å². The topological polar surface area (TPSA) is 56.3 Å². The Hall–Kier alpha value is -1.81. The highest BCUT2D eigenvalue weighted by Gasteiger charge is 2.15. The summed E-state index contributed by atoms with van der Waals surface area (Å²) in [4.78, 5) is 17.4. The van der Waals surface area contributed by atoms with Gasteiger partial charge in [0, 0.05) is 30.2 Å². The maximum atomic E-state index is 12.4. The van der Waals surface area contributed by atoms with Gasteiger partial charge < -0.3 is 15.0 Å². The van der Waals surface area contributed by atoms with Gasteiger partial charge in [-0.05, 0) is 24.0 Å². The number of benzene rings is 1. The van der Waals surface area contributed by atoms with E-state index in [-0.39, 0.29) is 12.5 Å². The highest BCUT2D eigenvalue weighted by Crippen LogP contribution is 2.23. The van der Waals surface area contributed by atoms with Gasteiger partial charge in [0.25, 0.3) is 0 Å². The molecule has 2 rings (SSSR count). The molecule has 1 heterocycles. The maximum Gasteiger partial charge on any atom is 0.227 e. The lowest BCUT2D eigenvalue weighted by atomic mass is 10.1. The number of aryl methyl sites for hydroxylation is 1. The number of H-pyrrole nitrogens is 1. The number of aromatic amines is 1. The number of aliphatic hydroxyl groups is 1. The van der Waals surface area contributed by atoms with Crippen molar-refractivity contribution >= 4 is 16.8 Å². The molecule has 2 aromatic rings. The van der Waals surface area contributed by atoms with Crippen LogP contribution in [0.5, 0.6) is 0 Å². The average molecular weight is 288 g/mol. The van der Waals surface area contributed by atoms with E-state index in [4.69, 9.17) is 5.11 Å². The number of fused-ring (bicyclic) bond motifs is 1. The SMILES string of the molecule is CCCN(CCO)C(=O)Cc1c[nH]c2c(CC)cccc12. The van der Waals surface area contributed by atoms with Crippen LogP contribution in [0.3, 0.4) is 0 Å². The molecule has 0 aliphatic heterocycles. The van der Waals surface area contributed by atoms with E-state index in [1.807, 2.05) is 19.2 Å². The number of nitrogens with zero attached hydrogens (tertiary/aromatic N) is 1. The molecule has 0 unspecified atom stereocenters. The van der Waals surface area contributed by atoms with Crippen LogP contribution in [0, 0.1) is 0 Å². The average Bonchev–Trinajstić information content (AvgIpc) is 2.90. The van der Waals surface area contributed by atoms with Gasteiger partial charge in [0.1, 0.15) is 0 Å². The first-order chi connectivity index (χ1) is 10.2. The first-order valence-corrected chi connectivity index (χ1v) is 7.67. The van der Waals surface area contributed by atoms with Crippen molar-refractivity contribution in [2.45, 2.75) is 33.1 Å².